The van der Waals surface area contributed by atoms with Crippen LogP contribution in [-0.4, -0.2) is 64.1 Å². The van der Waals surface area contributed by atoms with Gasteiger partial charge in [-0.1, -0.05) is 55.4 Å². The van der Waals surface area contributed by atoms with Crippen LogP contribution in [0.15, 0.2) is 0 Å². The van der Waals surface area contributed by atoms with Crippen LogP contribution >= 0.6 is 0 Å². The van der Waals surface area contributed by atoms with Gasteiger partial charge in [-0.2, -0.15) is 0 Å². The lowest BCUT2D eigenvalue weighted by Crippen LogP contribution is -2.58. The fraction of sp³-hybridized carbons (Fsp3) is 1.00. The summed E-state index contributed by atoms with van der Waals surface area (Å²) in [4.78, 5) is 0. The Morgan fingerprint density at radius 3 is 1.27 bits per heavy atom. The van der Waals surface area contributed by atoms with Crippen molar-refractivity contribution < 1.29 is 23.7 Å². The van der Waals surface area contributed by atoms with E-state index in [1.807, 2.05) is 0 Å². The van der Waals surface area contributed by atoms with Gasteiger partial charge in [0.25, 0.3) is 0 Å². The van der Waals surface area contributed by atoms with Crippen molar-refractivity contribution in [3.8, 4) is 0 Å². The molecule has 2 saturated heterocycles. The molecule has 236 valence electrons. The zero-order valence-electron chi connectivity index (χ0n) is 27.8. The Labute approximate surface area is 251 Å². The van der Waals surface area contributed by atoms with Gasteiger partial charge in [0.15, 0.2) is 0 Å². The minimum atomic E-state index is 0.0992. The van der Waals surface area contributed by atoms with Gasteiger partial charge < -0.3 is 23.7 Å². The van der Waals surface area contributed by atoms with Gasteiger partial charge in [0.05, 0.1) is 50.8 Å². The molecule has 5 heteroatoms. The molecule has 0 aromatic heterocycles. The molecule has 4 saturated carbocycles. The van der Waals surface area contributed by atoms with E-state index in [1.165, 1.54) is 38.5 Å². The second-order valence-electron chi connectivity index (χ2n) is 17.0. The molecule has 4 unspecified atom stereocenters. The number of ether oxygens (including phenoxy) is 5. The normalized spacial score (nSPS) is 42.1. The molecule has 41 heavy (non-hydrogen) atoms. The largest absolute Gasteiger partial charge is 0.380 e. The van der Waals surface area contributed by atoms with E-state index in [-0.39, 0.29) is 23.0 Å². The van der Waals surface area contributed by atoms with Crippen molar-refractivity contribution in [2.24, 2.45) is 44.3 Å². The molecule has 0 radical (unpaired) electrons. The highest BCUT2D eigenvalue weighted by atomic mass is 16.5. The van der Waals surface area contributed by atoms with E-state index in [0.717, 1.165) is 77.2 Å². The average Bonchev–Trinajstić information content (AvgIpc) is 3.40. The van der Waals surface area contributed by atoms with Crippen molar-refractivity contribution in [2.75, 3.05) is 39.6 Å². The molecule has 2 heterocycles. The lowest BCUT2D eigenvalue weighted by atomic mass is 9.70. The van der Waals surface area contributed by atoms with Gasteiger partial charge in [-0.15, -0.1) is 0 Å². The summed E-state index contributed by atoms with van der Waals surface area (Å²) in [5.74, 6) is 1.61. The number of hydrogen-bond acceptors (Lipinski definition) is 5. The molecule has 4 bridgehead atoms. The second-order valence-corrected chi connectivity index (χ2v) is 17.0. The first-order chi connectivity index (χ1) is 19.4. The Bertz CT molecular complexity index is 851. The molecule has 0 aromatic rings. The first kappa shape index (κ1) is 30.8. The maximum absolute atomic E-state index is 7.31. The van der Waals surface area contributed by atoms with Crippen LogP contribution < -0.4 is 0 Å². The summed E-state index contributed by atoms with van der Waals surface area (Å²) in [6.45, 7) is 24.3. The maximum Gasteiger partial charge on any atom is 0.0701 e. The summed E-state index contributed by atoms with van der Waals surface area (Å²) in [5.41, 5.74) is 1.57. The predicted octanol–water partition coefficient (Wildman–Crippen LogP) is 7.84. The van der Waals surface area contributed by atoms with E-state index in [2.05, 4.69) is 55.4 Å². The quantitative estimate of drug-likeness (QED) is 0.212. The molecule has 0 aromatic carbocycles. The molecular formula is C36H62O5. The average molecular weight is 575 g/mol. The Balaban J connectivity index is 1.11. The van der Waals surface area contributed by atoms with E-state index in [4.69, 9.17) is 23.7 Å². The summed E-state index contributed by atoms with van der Waals surface area (Å²) >= 11 is 0. The van der Waals surface area contributed by atoms with E-state index in [0.29, 0.717) is 33.9 Å². The molecular weight excluding hydrogens is 512 g/mol. The van der Waals surface area contributed by atoms with Crippen molar-refractivity contribution in [1.82, 2.24) is 0 Å². The van der Waals surface area contributed by atoms with Crippen LogP contribution in [0.2, 0.25) is 0 Å². The van der Waals surface area contributed by atoms with Gasteiger partial charge in [0.2, 0.25) is 0 Å². The van der Waals surface area contributed by atoms with E-state index in [9.17, 15) is 0 Å². The van der Waals surface area contributed by atoms with Crippen LogP contribution in [0.4, 0.5) is 0 Å². The zero-order chi connectivity index (χ0) is 29.3. The molecule has 6 fully saturated rings. The van der Waals surface area contributed by atoms with E-state index >= 15 is 0 Å². The fourth-order valence-corrected chi connectivity index (χ4v) is 10.6. The molecule has 4 aliphatic carbocycles. The van der Waals surface area contributed by atoms with Crippen molar-refractivity contribution in [3.63, 3.8) is 0 Å². The fourth-order valence-electron chi connectivity index (χ4n) is 10.6. The third-order valence-electron chi connectivity index (χ3n) is 15.5. The summed E-state index contributed by atoms with van der Waals surface area (Å²) in [7, 11) is 0. The van der Waals surface area contributed by atoms with Crippen LogP contribution in [0.3, 0.4) is 0 Å². The lowest BCUT2D eigenvalue weighted by molar-refractivity contribution is -0.256. The molecule has 6 rings (SSSR count). The standard InChI is InChI=1S/C36H62O5/c1-9-35(21-37-22-35)27(13-17-39-29-19-25-11-15-33(29,7)31(25,3)4)41-28(36(10-2)23-38-24-36)14-18-40-30-20-26-12-16-34(30,8)32(26,5)6/h25-30H,9-24H2,1-8H3/t25-,26-,27?,28?,29?,30?,33-,34-/m1/s1. The van der Waals surface area contributed by atoms with Crippen molar-refractivity contribution in [3.05, 3.63) is 0 Å². The van der Waals surface area contributed by atoms with Gasteiger partial charge in [0.1, 0.15) is 0 Å². The monoisotopic (exact) mass is 574 g/mol. The Morgan fingerprint density at radius 1 is 0.634 bits per heavy atom. The van der Waals surface area contributed by atoms with Gasteiger partial charge >= 0.3 is 0 Å². The van der Waals surface area contributed by atoms with Crippen LogP contribution in [0.1, 0.15) is 120 Å². The second kappa shape index (κ2) is 10.7. The maximum atomic E-state index is 7.31. The molecule has 0 amide bonds. The highest BCUT2D eigenvalue weighted by Crippen LogP contribution is 2.67. The Hall–Kier alpha value is -0.200. The highest BCUT2D eigenvalue weighted by molar-refractivity contribution is 5.12. The molecule has 6 aliphatic rings. The Kier molecular flexibility index (Phi) is 8.05. The predicted molar refractivity (Wildman–Crippen MR) is 163 cm³/mol. The summed E-state index contributed by atoms with van der Waals surface area (Å²) in [6, 6.07) is 0. The first-order valence-corrected chi connectivity index (χ1v) is 17.4. The first-order valence-electron chi connectivity index (χ1n) is 17.4. The minimum Gasteiger partial charge on any atom is -0.380 e. The van der Waals surface area contributed by atoms with Crippen LogP contribution in [-0.2, 0) is 23.7 Å². The molecule has 2 aliphatic heterocycles. The molecule has 0 spiro atoms. The zero-order valence-corrected chi connectivity index (χ0v) is 27.8. The molecule has 8 atom stereocenters. The van der Waals surface area contributed by atoms with E-state index in [1.54, 1.807) is 0 Å². The van der Waals surface area contributed by atoms with Gasteiger partial charge in [-0.25, -0.2) is 0 Å². The summed E-state index contributed by atoms with van der Waals surface area (Å²) in [6.07, 6.45) is 12.9. The third-order valence-corrected chi connectivity index (χ3v) is 15.5. The van der Waals surface area contributed by atoms with Crippen LogP contribution in [0, 0.1) is 44.3 Å². The highest BCUT2D eigenvalue weighted by Gasteiger charge is 2.63. The summed E-state index contributed by atoms with van der Waals surface area (Å²) < 4.78 is 32.6. The van der Waals surface area contributed by atoms with E-state index < -0.39 is 0 Å². The number of fused-ring (bicyclic) bond motifs is 4. The van der Waals surface area contributed by atoms with Crippen molar-refractivity contribution in [2.45, 2.75) is 144 Å². The minimum absolute atomic E-state index is 0.0992. The molecule has 5 nitrogen and oxygen atoms in total. The molecule has 0 N–H and O–H groups in total. The summed E-state index contributed by atoms with van der Waals surface area (Å²) in [5, 5.41) is 0. The lowest BCUT2D eigenvalue weighted by Gasteiger charge is -2.52. The number of rotatable bonds is 14. The smallest absolute Gasteiger partial charge is 0.0701 e. The van der Waals surface area contributed by atoms with Crippen LogP contribution in [0.25, 0.3) is 0 Å². The SMILES string of the molecule is CCC1(C(CCOC2C[C@H]3CC[C@@]2(C)C3(C)C)OC(CCOC2C[C@H]3CC[C@@]2(C)C3(C)C)C2(CC)COC2)COC1. The van der Waals surface area contributed by atoms with Crippen molar-refractivity contribution in [1.29, 1.82) is 0 Å². The van der Waals surface area contributed by atoms with Gasteiger partial charge in [-0.3, -0.25) is 0 Å². The number of hydrogen-bond donors (Lipinski definition) is 0. The van der Waals surface area contributed by atoms with Crippen molar-refractivity contribution >= 4 is 0 Å². The van der Waals surface area contributed by atoms with Crippen LogP contribution in [0.5, 0.6) is 0 Å². The van der Waals surface area contributed by atoms with Gasteiger partial charge in [0, 0.05) is 24.0 Å². The topological polar surface area (TPSA) is 46.2 Å². The third kappa shape index (κ3) is 4.55. The van der Waals surface area contributed by atoms with Gasteiger partial charge in [-0.05, 0) is 97.7 Å². The Morgan fingerprint density at radius 2 is 1.02 bits per heavy atom.